The van der Waals surface area contributed by atoms with E-state index in [0.29, 0.717) is 0 Å². The minimum Gasteiger partial charge on any atom is -0.352 e. The van der Waals surface area contributed by atoms with Gasteiger partial charge in [0.2, 0.25) is 0 Å². The van der Waals surface area contributed by atoms with Gasteiger partial charge in [-0.15, -0.1) is 5.10 Å². The molecule has 0 bridgehead atoms. The number of rotatable bonds is 3. The molecule has 0 spiro atoms. The first-order valence-electron chi connectivity index (χ1n) is 7.96. The summed E-state index contributed by atoms with van der Waals surface area (Å²) in [7, 11) is 0. The van der Waals surface area contributed by atoms with Crippen LogP contribution in [0.5, 0.6) is 0 Å². The molecule has 1 saturated heterocycles. The van der Waals surface area contributed by atoms with Gasteiger partial charge in [-0.1, -0.05) is 30.3 Å². The molecule has 1 aliphatic heterocycles. The molecule has 2 aromatic carbocycles. The highest BCUT2D eigenvalue weighted by Crippen LogP contribution is 2.32. The molecule has 2 heterocycles. The van der Waals surface area contributed by atoms with Crippen LogP contribution in [-0.2, 0) is 0 Å². The molecular weight excluding hydrogens is 413 g/mol. The van der Waals surface area contributed by atoms with Crippen molar-refractivity contribution in [2.75, 3.05) is 29.6 Å². The molecule has 122 valence electrons. The van der Waals surface area contributed by atoms with Gasteiger partial charge in [-0.25, -0.2) is 4.98 Å². The van der Waals surface area contributed by atoms with Crippen molar-refractivity contribution in [2.45, 2.75) is 6.92 Å². The van der Waals surface area contributed by atoms with E-state index in [9.17, 15) is 0 Å². The summed E-state index contributed by atoms with van der Waals surface area (Å²) in [6.07, 6.45) is 0. The molecule has 0 radical (unpaired) electrons. The van der Waals surface area contributed by atoms with Gasteiger partial charge >= 0.3 is 0 Å². The van der Waals surface area contributed by atoms with Crippen molar-refractivity contribution in [3.8, 4) is 11.4 Å². The summed E-state index contributed by atoms with van der Waals surface area (Å²) in [6, 6.07) is 19.0. The van der Waals surface area contributed by atoms with Crippen molar-refractivity contribution < 1.29 is 0 Å². The predicted molar refractivity (Wildman–Crippen MR) is 106 cm³/mol. The number of hydrogen-bond acceptors (Lipinski definition) is 4. The van der Waals surface area contributed by atoms with Crippen LogP contribution in [0, 0.1) is 6.92 Å². The predicted octanol–water partition coefficient (Wildman–Crippen LogP) is 3.74. The summed E-state index contributed by atoms with van der Waals surface area (Å²) >= 11 is 2.19. The molecule has 6 heteroatoms. The van der Waals surface area contributed by atoms with Crippen molar-refractivity contribution in [3.05, 3.63) is 60.4 Å². The number of aromatic nitrogens is 3. The van der Waals surface area contributed by atoms with Gasteiger partial charge in [-0.05, 0) is 31.2 Å². The normalized spacial score (nSPS) is 14.4. The molecule has 0 amide bonds. The molecule has 1 fully saturated rings. The highest BCUT2D eigenvalue weighted by atomic mass is 127. The molecule has 4 rings (SSSR count). The van der Waals surface area contributed by atoms with Gasteiger partial charge in [-0.3, -0.25) is 0 Å². The quantitative estimate of drug-likeness (QED) is 0.593. The van der Waals surface area contributed by atoms with Crippen molar-refractivity contribution in [3.63, 3.8) is 0 Å². The van der Waals surface area contributed by atoms with Gasteiger partial charge in [0.1, 0.15) is 5.82 Å². The zero-order valence-electron chi connectivity index (χ0n) is 13.4. The third-order valence-electron chi connectivity index (χ3n) is 4.26. The Kier molecular flexibility index (Phi) is 4.13. The summed E-state index contributed by atoms with van der Waals surface area (Å²) in [4.78, 5) is 9.40. The first kappa shape index (κ1) is 15.4. The number of halogens is 1. The first-order valence-corrected chi connectivity index (χ1v) is 8.93. The van der Waals surface area contributed by atoms with Crippen LogP contribution in [0.3, 0.4) is 0 Å². The Labute approximate surface area is 155 Å². The molecule has 0 saturated carbocycles. The first-order chi connectivity index (χ1) is 11.7. The molecule has 0 unspecified atom stereocenters. The second kappa shape index (κ2) is 6.43. The van der Waals surface area contributed by atoms with E-state index in [1.54, 1.807) is 0 Å². The van der Waals surface area contributed by atoms with Gasteiger partial charge in [-0.2, -0.15) is 2.90 Å². The van der Waals surface area contributed by atoms with Crippen molar-refractivity contribution in [1.82, 2.24) is 13.0 Å². The van der Waals surface area contributed by atoms with Crippen LogP contribution in [0.2, 0.25) is 0 Å². The number of nitrogens with zero attached hydrogens (tertiary/aromatic N) is 5. The van der Waals surface area contributed by atoms with Crippen molar-refractivity contribution >= 4 is 34.2 Å². The van der Waals surface area contributed by atoms with Crippen LogP contribution in [0.1, 0.15) is 5.82 Å². The maximum atomic E-state index is 4.59. The van der Waals surface area contributed by atoms with Crippen molar-refractivity contribution in [1.29, 1.82) is 0 Å². The fourth-order valence-electron chi connectivity index (χ4n) is 3.12. The SMILES string of the molecule is Cc1nc(-c2ccccc2N2CCN(c3ccccc3)C2)n(I)n1. The second-order valence-corrected chi connectivity index (χ2v) is 6.78. The molecule has 0 atom stereocenters. The molecule has 3 aromatic rings. The average molecular weight is 431 g/mol. The maximum absolute atomic E-state index is 4.59. The van der Waals surface area contributed by atoms with Crippen LogP contribution in [-0.4, -0.2) is 32.7 Å². The highest BCUT2D eigenvalue weighted by molar-refractivity contribution is 14.1. The van der Waals surface area contributed by atoms with E-state index >= 15 is 0 Å². The Morgan fingerprint density at radius 2 is 1.62 bits per heavy atom. The third-order valence-corrected chi connectivity index (χ3v) is 4.94. The molecule has 1 aliphatic rings. The Balaban J connectivity index is 1.65. The zero-order chi connectivity index (χ0) is 16.5. The number of aryl methyl sites for hydroxylation is 1. The molecular formula is C18H18IN5. The van der Waals surface area contributed by atoms with Gasteiger partial charge in [0.15, 0.2) is 5.82 Å². The zero-order valence-corrected chi connectivity index (χ0v) is 15.6. The maximum Gasteiger partial charge on any atom is 0.170 e. The fraction of sp³-hybridized carbons (Fsp3) is 0.222. The Bertz CT molecular complexity index is 846. The van der Waals surface area contributed by atoms with E-state index in [1.165, 1.54) is 11.4 Å². The lowest BCUT2D eigenvalue weighted by Crippen LogP contribution is -2.25. The lowest BCUT2D eigenvalue weighted by atomic mass is 10.1. The number of para-hydroxylation sites is 2. The Hall–Kier alpha value is -2.09. The van der Waals surface area contributed by atoms with Crippen LogP contribution < -0.4 is 9.80 Å². The summed E-state index contributed by atoms with van der Waals surface area (Å²) in [6.45, 7) is 4.83. The van der Waals surface area contributed by atoms with Crippen LogP contribution >= 0.6 is 22.9 Å². The van der Waals surface area contributed by atoms with Crippen LogP contribution in [0.4, 0.5) is 11.4 Å². The Morgan fingerprint density at radius 1 is 0.917 bits per heavy atom. The molecule has 1 aromatic heterocycles. The van der Waals surface area contributed by atoms with E-state index < -0.39 is 0 Å². The molecule has 0 aliphatic carbocycles. The van der Waals surface area contributed by atoms with Gasteiger partial charge in [0.05, 0.1) is 29.5 Å². The molecule has 0 N–H and O–H groups in total. The van der Waals surface area contributed by atoms with E-state index in [1.807, 2.05) is 9.82 Å². The topological polar surface area (TPSA) is 37.2 Å². The minimum absolute atomic E-state index is 0.793. The molecule has 5 nitrogen and oxygen atoms in total. The summed E-state index contributed by atoms with van der Waals surface area (Å²) in [5, 5.41) is 4.38. The van der Waals surface area contributed by atoms with E-state index in [0.717, 1.165) is 37.0 Å². The standard InChI is InChI=1S/C18H18IN5/c1-14-20-18(24(19)21-14)16-9-5-6-10-17(16)23-12-11-22(13-23)15-7-3-2-4-8-15/h2-10H,11-13H2,1H3. The van der Waals surface area contributed by atoms with E-state index in [-0.39, 0.29) is 0 Å². The number of hydrogen-bond donors (Lipinski definition) is 0. The third kappa shape index (κ3) is 2.86. The monoisotopic (exact) mass is 431 g/mol. The number of benzene rings is 2. The largest absolute Gasteiger partial charge is 0.352 e. The summed E-state index contributed by atoms with van der Waals surface area (Å²) < 4.78 is 1.83. The van der Waals surface area contributed by atoms with Crippen LogP contribution in [0.15, 0.2) is 54.6 Å². The van der Waals surface area contributed by atoms with E-state index in [2.05, 4.69) is 97.3 Å². The summed E-state index contributed by atoms with van der Waals surface area (Å²) in [5.41, 5.74) is 3.61. The lowest BCUT2D eigenvalue weighted by Gasteiger charge is -2.23. The van der Waals surface area contributed by atoms with Crippen molar-refractivity contribution in [2.24, 2.45) is 0 Å². The molecule has 24 heavy (non-hydrogen) atoms. The van der Waals surface area contributed by atoms with Gasteiger partial charge in [0, 0.05) is 30.0 Å². The van der Waals surface area contributed by atoms with Crippen LogP contribution in [0.25, 0.3) is 11.4 Å². The fourth-order valence-corrected chi connectivity index (χ4v) is 3.80. The van der Waals surface area contributed by atoms with Gasteiger partial charge < -0.3 is 9.80 Å². The summed E-state index contributed by atoms with van der Waals surface area (Å²) in [5.74, 6) is 1.70. The second-order valence-electron chi connectivity index (χ2n) is 5.86. The smallest absolute Gasteiger partial charge is 0.170 e. The minimum atomic E-state index is 0.793. The lowest BCUT2D eigenvalue weighted by molar-refractivity contribution is 0.948. The van der Waals surface area contributed by atoms with E-state index in [4.69, 9.17) is 0 Å². The highest BCUT2D eigenvalue weighted by Gasteiger charge is 2.24. The number of anilines is 2. The Morgan fingerprint density at radius 3 is 2.38 bits per heavy atom. The van der Waals surface area contributed by atoms with Gasteiger partial charge in [0.25, 0.3) is 0 Å². The average Bonchev–Trinajstić information content (AvgIpc) is 3.22.